The summed E-state index contributed by atoms with van der Waals surface area (Å²) in [6.45, 7) is -0.294. The van der Waals surface area contributed by atoms with Gasteiger partial charge in [0, 0.05) is 0 Å². The van der Waals surface area contributed by atoms with Crippen LogP contribution in [0.5, 0.6) is 0 Å². The lowest BCUT2D eigenvalue weighted by Gasteiger charge is -2.37. The van der Waals surface area contributed by atoms with E-state index in [4.69, 9.17) is 0 Å². The third kappa shape index (κ3) is 6.76. The first-order valence-corrected chi connectivity index (χ1v) is 11.6. The van der Waals surface area contributed by atoms with Crippen molar-refractivity contribution in [1.29, 1.82) is 0 Å². The number of alkyl halides is 4. The highest BCUT2D eigenvalue weighted by molar-refractivity contribution is 5.28. The molecule has 0 atom stereocenters. The predicted molar refractivity (Wildman–Crippen MR) is 110 cm³/mol. The Hall–Kier alpha value is -1.46. The molecule has 0 radical (unpaired) electrons. The van der Waals surface area contributed by atoms with Gasteiger partial charge in [0.05, 0.1) is 6.67 Å². The van der Waals surface area contributed by atoms with Gasteiger partial charge in [-0.15, -0.1) is 0 Å². The fraction of sp³-hybridized carbons (Fsp3) is 0.680. The van der Waals surface area contributed by atoms with Gasteiger partial charge in [0.25, 0.3) is 0 Å². The van der Waals surface area contributed by atoms with Crippen molar-refractivity contribution in [2.75, 3.05) is 6.67 Å². The summed E-state index contributed by atoms with van der Waals surface area (Å²) in [5.74, 6) is -0.520. The lowest BCUT2D eigenvalue weighted by Crippen LogP contribution is -2.25. The van der Waals surface area contributed by atoms with Crippen LogP contribution in [0.1, 0.15) is 75.3 Å². The van der Waals surface area contributed by atoms with Crippen LogP contribution >= 0.6 is 0 Å². The molecule has 174 valence electrons. The molecular formula is C25H32F6. The summed E-state index contributed by atoms with van der Waals surface area (Å²) in [5.41, 5.74) is -1.51. The number of allylic oxidation sites excluding steroid dienone is 2. The molecule has 0 bridgehead atoms. The molecule has 0 nitrogen and oxygen atoms in total. The summed E-state index contributed by atoms with van der Waals surface area (Å²) in [4.78, 5) is 0. The third-order valence-corrected chi connectivity index (χ3v) is 7.29. The van der Waals surface area contributed by atoms with Gasteiger partial charge in [-0.05, 0) is 99.2 Å². The van der Waals surface area contributed by atoms with E-state index in [9.17, 15) is 26.3 Å². The molecule has 0 unspecified atom stereocenters. The SMILES string of the molecule is FCC/C=C/C1CCC(C2CCC(CCc3cc(F)c(C(F)(F)F)c(F)c3)CC2)CC1. The molecule has 31 heavy (non-hydrogen) atoms. The molecule has 3 rings (SSSR count). The first kappa shape index (κ1) is 24.2. The second-order valence-electron chi connectivity index (χ2n) is 9.33. The van der Waals surface area contributed by atoms with Gasteiger partial charge in [-0.1, -0.05) is 25.0 Å². The van der Waals surface area contributed by atoms with E-state index in [1.165, 1.54) is 25.7 Å². The smallest absolute Gasteiger partial charge is 0.251 e. The highest BCUT2D eigenvalue weighted by Crippen LogP contribution is 2.42. The topological polar surface area (TPSA) is 0 Å². The Bertz CT molecular complexity index is 699. The summed E-state index contributed by atoms with van der Waals surface area (Å²) in [7, 11) is 0. The van der Waals surface area contributed by atoms with Crippen molar-refractivity contribution in [2.45, 2.75) is 76.8 Å². The highest BCUT2D eigenvalue weighted by atomic mass is 19.4. The maximum absolute atomic E-state index is 13.8. The molecule has 0 heterocycles. The monoisotopic (exact) mass is 446 g/mol. The van der Waals surface area contributed by atoms with Crippen molar-refractivity contribution in [2.24, 2.45) is 23.7 Å². The summed E-state index contributed by atoms with van der Waals surface area (Å²) >= 11 is 0. The zero-order chi connectivity index (χ0) is 22.4. The normalized spacial score (nSPS) is 27.7. The fourth-order valence-electron chi connectivity index (χ4n) is 5.52. The van der Waals surface area contributed by atoms with E-state index in [1.807, 2.05) is 6.08 Å². The van der Waals surface area contributed by atoms with Crippen LogP contribution in [0.15, 0.2) is 24.3 Å². The second-order valence-corrected chi connectivity index (χ2v) is 9.33. The Morgan fingerprint density at radius 2 is 1.39 bits per heavy atom. The van der Waals surface area contributed by atoms with Gasteiger partial charge in [0.15, 0.2) is 0 Å². The van der Waals surface area contributed by atoms with Crippen LogP contribution in [0, 0.1) is 35.3 Å². The van der Waals surface area contributed by atoms with E-state index >= 15 is 0 Å². The molecule has 0 aromatic heterocycles. The van der Waals surface area contributed by atoms with E-state index < -0.39 is 23.4 Å². The van der Waals surface area contributed by atoms with Crippen LogP contribution in [0.3, 0.4) is 0 Å². The maximum atomic E-state index is 13.8. The van der Waals surface area contributed by atoms with Crippen LogP contribution in [0.2, 0.25) is 0 Å². The van der Waals surface area contributed by atoms with E-state index in [0.717, 1.165) is 56.1 Å². The van der Waals surface area contributed by atoms with Crippen molar-refractivity contribution >= 4 is 0 Å². The Kier molecular flexibility index (Phi) is 8.51. The molecule has 1 aromatic rings. The molecule has 0 aliphatic heterocycles. The third-order valence-electron chi connectivity index (χ3n) is 7.29. The minimum absolute atomic E-state index is 0.294. The fourth-order valence-corrected chi connectivity index (χ4v) is 5.52. The van der Waals surface area contributed by atoms with E-state index in [0.29, 0.717) is 30.2 Å². The molecule has 0 amide bonds. The molecule has 0 saturated heterocycles. The molecule has 2 saturated carbocycles. The largest absolute Gasteiger partial charge is 0.422 e. The molecule has 0 N–H and O–H groups in total. The molecular weight excluding hydrogens is 414 g/mol. The van der Waals surface area contributed by atoms with Crippen LogP contribution in [-0.4, -0.2) is 6.67 Å². The summed E-state index contributed by atoms with van der Waals surface area (Å²) in [5, 5.41) is 0. The van der Waals surface area contributed by atoms with E-state index in [2.05, 4.69) is 6.08 Å². The first-order valence-electron chi connectivity index (χ1n) is 11.6. The highest BCUT2D eigenvalue weighted by Gasteiger charge is 2.38. The van der Waals surface area contributed by atoms with Gasteiger partial charge in [-0.25, -0.2) is 8.78 Å². The number of hydrogen-bond acceptors (Lipinski definition) is 0. The number of halogens is 6. The molecule has 2 aliphatic carbocycles. The van der Waals surface area contributed by atoms with Crippen molar-refractivity contribution < 1.29 is 26.3 Å². The number of hydrogen-bond donors (Lipinski definition) is 0. The molecule has 2 fully saturated rings. The van der Waals surface area contributed by atoms with Gasteiger partial charge in [0.2, 0.25) is 0 Å². The Morgan fingerprint density at radius 3 is 1.90 bits per heavy atom. The predicted octanol–water partition coefficient (Wildman–Crippen LogP) is 8.44. The van der Waals surface area contributed by atoms with Gasteiger partial charge >= 0.3 is 6.18 Å². The van der Waals surface area contributed by atoms with Crippen LogP contribution in [-0.2, 0) is 12.6 Å². The van der Waals surface area contributed by atoms with Gasteiger partial charge < -0.3 is 0 Å². The van der Waals surface area contributed by atoms with Gasteiger partial charge in [0.1, 0.15) is 17.2 Å². The molecule has 0 spiro atoms. The van der Waals surface area contributed by atoms with Crippen molar-refractivity contribution in [1.82, 2.24) is 0 Å². The lowest BCUT2D eigenvalue weighted by molar-refractivity contribution is -0.142. The summed E-state index contributed by atoms with van der Waals surface area (Å²) < 4.78 is 77.8. The van der Waals surface area contributed by atoms with Crippen molar-refractivity contribution in [3.05, 3.63) is 47.0 Å². The van der Waals surface area contributed by atoms with Gasteiger partial charge in [-0.2, -0.15) is 13.2 Å². The summed E-state index contributed by atoms with van der Waals surface area (Å²) in [6, 6.07) is 1.66. The molecule has 6 heteroatoms. The number of benzene rings is 1. The Balaban J connectivity index is 1.42. The Morgan fingerprint density at radius 1 is 0.839 bits per heavy atom. The quantitative estimate of drug-likeness (QED) is 0.291. The van der Waals surface area contributed by atoms with Crippen molar-refractivity contribution in [3.63, 3.8) is 0 Å². The zero-order valence-corrected chi connectivity index (χ0v) is 17.9. The average molecular weight is 447 g/mol. The first-order chi connectivity index (χ1) is 14.8. The Labute approximate surface area is 181 Å². The number of aryl methyl sites for hydroxylation is 1. The van der Waals surface area contributed by atoms with Crippen LogP contribution in [0.25, 0.3) is 0 Å². The minimum atomic E-state index is -5.02. The van der Waals surface area contributed by atoms with Gasteiger partial charge in [-0.3, -0.25) is 4.39 Å². The zero-order valence-electron chi connectivity index (χ0n) is 17.9. The molecule has 1 aromatic carbocycles. The second kappa shape index (κ2) is 10.9. The van der Waals surface area contributed by atoms with E-state index in [-0.39, 0.29) is 6.67 Å². The van der Waals surface area contributed by atoms with Crippen LogP contribution in [0.4, 0.5) is 26.3 Å². The minimum Gasteiger partial charge on any atom is -0.251 e. The summed E-state index contributed by atoms with van der Waals surface area (Å²) in [6.07, 6.45) is 10.1. The van der Waals surface area contributed by atoms with Crippen molar-refractivity contribution in [3.8, 4) is 0 Å². The lowest BCUT2D eigenvalue weighted by atomic mass is 9.68. The number of rotatable bonds is 7. The van der Waals surface area contributed by atoms with E-state index in [1.54, 1.807) is 0 Å². The average Bonchev–Trinajstić information content (AvgIpc) is 2.72. The molecule has 2 aliphatic rings. The van der Waals surface area contributed by atoms with Crippen LogP contribution < -0.4 is 0 Å². The maximum Gasteiger partial charge on any atom is 0.422 e. The standard InChI is InChI=1S/C25H32F6/c26-14-2-1-3-17-6-10-20(11-7-17)21-12-8-18(9-13-21)4-5-19-15-22(27)24(23(28)16-19)25(29,30)31/h1,3,15-18,20-21H,2,4-14H2/b3-1+.